The summed E-state index contributed by atoms with van der Waals surface area (Å²) in [7, 11) is 0. The fourth-order valence-electron chi connectivity index (χ4n) is 1.94. The Morgan fingerprint density at radius 1 is 1.29 bits per heavy atom. The lowest BCUT2D eigenvalue weighted by molar-refractivity contribution is 0.949. The highest BCUT2D eigenvalue weighted by molar-refractivity contribution is 5.66. The van der Waals surface area contributed by atoms with Gasteiger partial charge in [-0.3, -0.25) is 0 Å². The predicted octanol–water partition coefficient (Wildman–Crippen LogP) is 3.32. The van der Waals surface area contributed by atoms with E-state index in [0.29, 0.717) is 0 Å². The first-order chi connectivity index (χ1) is 6.77. The minimum Gasteiger partial charge on any atom is -0.372 e. The molecule has 0 spiro atoms. The Kier molecular flexibility index (Phi) is 2.58. The van der Waals surface area contributed by atoms with E-state index in [1.54, 1.807) is 0 Å². The van der Waals surface area contributed by atoms with E-state index < -0.39 is 0 Å². The van der Waals surface area contributed by atoms with E-state index >= 15 is 0 Å². The normalized spacial score (nSPS) is 15.9. The summed E-state index contributed by atoms with van der Waals surface area (Å²) in [4.78, 5) is 2.45. The van der Waals surface area contributed by atoms with Gasteiger partial charge in [0.15, 0.2) is 0 Å². The summed E-state index contributed by atoms with van der Waals surface area (Å²) < 4.78 is 0. The Morgan fingerprint density at radius 3 is 2.64 bits per heavy atom. The van der Waals surface area contributed by atoms with E-state index in [1.807, 2.05) is 0 Å². The molecule has 0 aromatic heterocycles. The van der Waals surface area contributed by atoms with Crippen LogP contribution in [-0.4, -0.2) is 13.1 Å². The van der Waals surface area contributed by atoms with Crippen LogP contribution < -0.4 is 4.90 Å². The molecule has 1 saturated heterocycles. The molecule has 0 amide bonds. The van der Waals surface area contributed by atoms with Gasteiger partial charge in [0, 0.05) is 18.8 Å². The number of allylic oxidation sites excluding steroid dienone is 1. The first kappa shape index (κ1) is 9.32. The summed E-state index contributed by atoms with van der Waals surface area (Å²) in [6, 6.07) is 8.69. The van der Waals surface area contributed by atoms with Gasteiger partial charge in [0.2, 0.25) is 0 Å². The van der Waals surface area contributed by atoms with Crippen LogP contribution in [0, 0.1) is 0 Å². The molecule has 0 aliphatic carbocycles. The molecule has 1 heteroatoms. The quantitative estimate of drug-likeness (QED) is 0.686. The minimum absolute atomic E-state index is 1.14. The zero-order valence-electron chi connectivity index (χ0n) is 8.79. The maximum Gasteiger partial charge on any atom is 0.0372 e. The largest absolute Gasteiger partial charge is 0.372 e. The smallest absolute Gasteiger partial charge is 0.0372 e. The fraction of sp³-hybridized carbons (Fsp3) is 0.385. The summed E-state index contributed by atoms with van der Waals surface area (Å²) in [6.07, 6.45) is 2.66. The van der Waals surface area contributed by atoms with Crippen molar-refractivity contribution in [3.8, 4) is 0 Å². The molecule has 14 heavy (non-hydrogen) atoms. The Hall–Kier alpha value is -1.24. The lowest BCUT2D eigenvalue weighted by Gasteiger charge is -2.18. The molecule has 1 aliphatic rings. The van der Waals surface area contributed by atoms with Gasteiger partial charge >= 0.3 is 0 Å². The second-order valence-corrected chi connectivity index (χ2v) is 4.02. The molecule has 1 heterocycles. The maximum absolute atomic E-state index is 3.97. The molecule has 1 aromatic carbocycles. The zero-order valence-corrected chi connectivity index (χ0v) is 8.79. The van der Waals surface area contributed by atoms with Crippen molar-refractivity contribution in [2.75, 3.05) is 18.0 Å². The second-order valence-electron chi connectivity index (χ2n) is 4.02. The standard InChI is InChI=1S/C13H17N/c1-11(2)12-6-5-7-13(10-12)14-8-3-4-9-14/h5-7,10H,1,3-4,8-9H2,2H3. The molecule has 0 atom stereocenters. The van der Waals surface area contributed by atoms with E-state index in [9.17, 15) is 0 Å². The lowest BCUT2D eigenvalue weighted by Crippen LogP contribution is -2.17. The molecular formula is C13H17N. The lowest BCUT2D eigenvalue weighted by atomic mass is 10.1. The number of benzene rings is 1. The Labute approximate surface area is 86.1 Å². The minimum atomic E-state index is 1.14. The Bertz CT molecular complexity index is 335. The van der Waals surface area contributed by atoms with Gasteiger partial charge in [-0.05, 0) is 37.5 Å². The van der Waals surface area contributed by atoms with Crippen molar-refractivity contribution in [3.63, 3.8) is 0 Å². The first-order valence-corrected chi connectivity index (χ1v) is 5.28. The number of rotatable bonds is 2. The van der Waals surface area contributed by atoms with Crippen LogP contribution in [0.1, 0.15) is 25.3 Å². The summed E-state index contributed by atoms with van der Waals surface area (Å²) in [5, 5.41) is 0. The van der Waals surface area contributed by atoms with E-state index in [0.717, 1.165) is 5.57 Å². The van der Waals surface area contributed by atoms with Crippen molar-refractivity contribution in [1.82, 2.24) is 0 Å². The van der Waals surface area contributed by atoms with Gasteiger partial charge in [-0.25, -0.2) is 0 Å². The van der Waals surface area contributed by atoms with Gasteiger partial charge in [0.05, 0.1) is 0 Å². The van der Waals surface area contributed by atoms with E-state index in [-0.39, 0.29) is 0 Å². The van der Waals surface area contributed by atoms with Crippen LogP contribution in [0.15, 0.2) is 30.8 Å². The Morgan fingerprint density at radius 2 is 2.00 bits per heavy atom. The molecule has 0 N–H and O–H groups in total. The molecule has 0 radical (unpaired) electrons. The molecule has 0 bridgehead atoms. The fourth-order valence-corrected chi connectivity index (χ4v) is 1.94. The predicted molar refractivity (Wildman–Crippen MR) is 62.6 cm³/mol. The van der Waals surface area contributed by atoms with Gasteiger partial charge in [-0.2, -0.15) is 0 Å². The van der Waals surface area contributed by atoms with Gasteiger partial charge < -0.3 is 4.90 Å². The molecule has 2 rings (SSSR count). The molecule has 74 valence electrons. The van der Waals surface area contributed by atoms with Crippen LogP contribution in [0.5, 0.6) is 0 Å². The molecule has 1 aromatic rings. The molecule has 1 nitrogen and oxygen atoms in total. The SMILES string of the molecule is C=C(C)c1cccc(N2CCCC2)c1. The third-order valence-corrected chi connectivity index (χ3v) is 2.81. The summed E-state index contributed by atoms with van der Waals surface area (Å²) >= 11 is 0. The molecule has 1 fully saturated rings. The monoisotopic (exact) mass is 187 g/mol. The van der Waals surface area contributed by atoms with E-state index in [1.165, 1.54) is 37.2 Å². The highest BCUT2D eigenvalue weighted by Crippen LogP contribution is 2.23. The number of anilines is 1. The second kappa shape index (κ2) is 3.87. The number of nitrogens with zero attached hydrogens (tertiary/aromatic N) is 1. The van der Waals surface area contributed by atoms with Crippen LogP contribution in [0.4, 0.5) is 5.69 Å². The van der Waals surface area contributed by atoms with E-state index in [4.69, 9.17) is 0 Å². The summed E-state index contributed by atoms with van der Waals surface area (Å²) in [6.45, 7) is 8.45. The number of hydrogen-bond donors (Lipinski definition) is 0. The molecular weight excluding hydrogens is 170 g/mol. The van der Waals surface area contributed by atoms with Gasteiger partial charge in [-0.15, -0.1) is 0 Å². The average Bonchev–Trinajstić information content (AvgIpc) is 2.71. The van der Waals surface area contributed by atoms with Crippen LogP contribution >= 0.6 is 0 Å². The van der Waals surface area contributed by atoms with E-state index in [2.05, 4.69) is 42.7 Å². The molecule has 0 saturated carbocycles. The van der Waals surface area contributed by atoms with Crippen molar-refractivity contribution in [2.45, 2.75) is 19.8 Å². The first-order valence-electron chi connectivity index (χ1n) is 5.28. The highest BCUT2D eigenvalue weighted by atomic mass is 15.1. The van der Waals surface area contributed by atoms with Crippen LogP contribution in [0.3, 0.4) is 0 Å². The third-order valence-electron chi connectivity index (χ3n) is 2.81. The maximum atomic E-state index is 3.97. The number of hydrogen-bond acceptors (Lipinski definition) is 1. The van der Waals surface area contributed by atoms with Gasteiger partial charge in [0.1, 0.15) is 0 Å². The summed E-state index contributed by atoms with van der Waals surface area (Å²) in [5.74, 6) is 0. The molecule has 0 unspecified atom stereocenters. The van der Waals surface area contributed by atoms with Crippen molar-refractivity contribution < 1.29 is 0 Å². The van der Waals surface area contributed by atoms with Crippen molar-refractivity contribution >= 4 is 11.3 Å². The average molecular weight is 187 g/mol. The zero-order chi connectivity index (χ0) is 9.97. The van der Waals surface area contributed by atoms with Crippen molar-refractivity contribution in [2.24, 2.45) is 0 Å². The Balaban J connectivity index is 2.25. The highest BCUT2D eigenvalue weighted by Gasteiger charge is 2.11. The van der Waals surface area contributed by atoms with Gasteiger partial charge in [0.25, 0.3) is 0 Å². The topological polar surface area (TPSA) is 3.24 Å². The van der Waals surface area contributed by atoms with Crippen molar-refractivity contribution in [1.29, 1.82) is 0 Å². The summed E-state index contributed by atoms with van der Waals surface area (Å²) in [5.41, 5.74) is 3.75. The van der Waals surface area contributed by atoms with Gasteiger partial charge in [-0.1, -0.05) is 24.3 Å². The molecule has 1 aliphatic heterocycles. The van der Waals surface area contributed by atoms with Crippen LogP contribution in [0.25, 0.3) is 5.57 Å². The van der Waals surface area contributed by atoms with Crippen LogP contribution in [-0.2, 0) is 0 Å². The van der Waals surface area contributed by atoms with Crippen molar-refractivity contribution in [3.05, 3.63) is 36.4 Å². The third kappa shape index (κ3) is 1.82. The van der Waals surface area contributed by atoms with Crippen LogP contribution in [0.2, 0.25) is 0 Å².